The molecule has 0 aromatic heterocycles. The van der Waals surface area contributed by atoms with Gasteiger partial charge >= 0.3 is 6.18 Å². The molecule has 9 heteroatoms. The molecule has 32 heavy (non-hydrogen) atoms. The minimum Gasteiger partial charge on any atom is -0.351 e. The van der Waals surface area contributed by atoms with Gasteiger partial charge in [-0.25, -0.2) is 8.42 Å². The zero-order valence-corrected chi connectivity index (χ0v) is 19.5. The van der Waals surface area contributed by atoms with Crippen molar-refractivity contribution in [3.05, 3.63) is 34.3 Å². The molecule has 4 nitrogen and oxygen atoms in total. The van der Waals surface area contributed by atoms with Crippen LogP contribution in [0.1, 0.15) is 73.7 Å². The molecule has 0 saturated heterocycles. The van der Waals surface area contributed by atoms with Crippen molar-refractivity contribution in [3.63, 3.8) is 0 Å². The van der Waals surface area contributed by atoms with E-state index in [9.17, 15) is 26.4 Å². The first-order valence-corrected chi connectivity index (χ1v) is 13.4. The van der Waals surface area contributed by atoms with Gasteiger partial charge < -0.3 is 5.32 Å². The first-order chi connectivity index (χ1) is 15.0. The minimum absolute atomic E-state index is 0.0157. The Hall–Kier alpha value is -1.28. The van der Waals surface area contributed by atoms with Crippen LogP contribution < -0.4 is 5.32 Å². The number of carbonyl (C=O) groups is 1. The van der Waals surface area contributed by atoms with Gasteiger partial charge in [0.15, 0.2) is 9.84 Å². The standard InChI is InChI=1S/C23H29ClF3NO3S/c24-20-11-17(23(25,26)27)5-6-19(20)21(29)28-14-22(12-15-1-2-15)9-7-18(8-10-22)32(30,31)13-16-3-4-16/h5-6,11,15-16,18H,1-4,7-10,12-14H2,(H,28,29). The molecule has 0 spiro atoms. The first-order valence-electron chi connectivity index (χ1n) is 11.3. The average Bonchev–Trinajstić information content (AvgIpc) is 3.64. The number of hydrogen-bond acceptors (Lipinski definition) is 3. The summed E-state index contributed by atoms with van der Waals surface area (Å²) in [6.45, 7) is 0.384. The number of carbonyl (C=O) groups excluding carboxylic acids is 1. The van der Waals surface area contributed by atoms with E-state index in [-0.39, 0.29) is 21.3 Å². The third-order valence-electron chi connectivity index (χ3n) is 7.25. The molecule has 3 saturated carbocycles. The summed E-state index contributed by atoms with van der Waals surface area (Å²) in [6, 6.07) is 2.73. The van der Waals surface area contributed by atoms with E-state index < -0.39 is 27.5 Å². The molecule has 1 aromatic carbocycles. The van der Waals surface area contributed by atoms with E-state index in [1.807, 2.05) is 0 Å². The van der Waals surface area contributed by atoms with Crippen LogP contribution in [0.15, 0.2) is 18.2 Å². The third-order valence-corrected chi connectivity index (χ3v) is 9.99. The van der Waals surface area contributed by atoms with Crippen LogP contribution in [0, 0.1) is 17.3 Å². The Kier molecular flexibility index (Phi) is 6.58. The van der Waals surface area contributed by atoms with Gasteiger partial charge in [-0.15, -0.1) is 0 Å². The average molecular weight is 492 g/mol. The van der Waals surface area contributed by atoms with Gasteiger partial charge in [0.25, 0.3) is 5.91 Å². The van der Waals surface area contributed by atoms with Gasteiger partial charge in [-0.2, -0.15) is 13.2 Å². The molecule has 3 fully saturated rings. The van der Waals surface area contributed by atoms with Crippen molar-refractivity contribution in [1.82, 2.24) is 5.32 Å². The van der Waals surface area contributed by atoms with Gasteiger partial charge in [-0.3, -0.25) is 4.79 Å². The highest BCUT2D eigenvalue weighted by molar-refractivity contribution is 7.92. The number of halogens is 4. The Bertz CT molecular complexity index is 963. The molecular formula is C23H29ClF3NO3S. The maximum Gasteiger partial charge on any atom is 0.416 e. The van der Waals surface area contributed by atoms with Crippen molar-refractivity contribution >= 4 is 27.3 Å². The largest absolute Gasteiger partial charge is 0.416 e. The second-order valence-corrected chi connectivity index (χ2v) is 12.7. The van der Waals surface area contributed by atoms with Crippen molar-refractivity contribution < 1.29 is 26.4 Å². The van der Waals surface area contributed by atoms with Gasteiger partial charge in [0.1, 0.15) is 0 Å². The van der Waals surface area contributed by atoms with Crippen LogP contribution in [0.3, 0.4) is 0 Å². The molecule has 0 radical (unpaired) electrons. The van der Waals surface area contributed by atoms with Crippen molar-refractivity contribution in [2.24, 2.45) is 17.3 Å². The number of rotatable bonds is 8. The second kappa shape index (κ2) is 8.82. The molecule has 0 unspecified atom stereocenters. The summed E-state index contributed by atoms with van der Waals surface area (Å²) >= 11 is 5.97. The highest BCUT2D eigenvalue weighted by atomic mass is 35.5. The third kappa shape index (κ3) is 5.79. The van der Waals surface area contributed by atoms with Gasteiger partial charge in [0, 0.05) is 6.54 Å². The normalized spacial score (nSPS) is 26.7. The van der Waals surface area contributed by atoms with Crippen molar-refractivity contribution in [2.75, 3.05) is 12.3 Å². The van der Waals surface area contributed by atoms with Crippen LogP contribution in [0.2, 0.25) is 5.02 Å². The summed E-state index contributed by atoms with van der Waals surface area (Å²) in [5, 5.41) is 2.35. The molecule has 0 heterocycles. The lowest BCUT2D eigenvalue weighted by Crippen LogP contribution is -2.43. The Morgan fingerprint density at radius 1 is 1.06 bits per heavy atom. The number of nitrogens with one attached hydrogen (secondary N) is 1. The van der Waals surface area contributed by atoms with Crippen molar-refractivity contribution in [2.45, 2.75) is 69.2 Å². The first kappa shape index (κ1) is 23.9. The van der Waals surface area contributed by atoms with Crippen LogP contribution >= 0.6 is 11.6 Å². The molecule has 0 aliphatic heterocycles. The molecule has 1 aromatic rings. The molecule has 3 aliphatic carbocycles. The lowest BCUT2D eigenvalue weighted by atomic mass is 9.70. The zero-order valence-electron chi connectivity index (χ0n) is 17.9. The van der Waals surface area contributed by atoms with Crippen molar-refractivity contribution in [1.29, 1.82) is 0 Å². The topological polar surface area (TPSA) is 63.2 Å². The molecule has 4 rings (SSSR count). The lowest BCUT2D eigenvalue weighted by Gasteiger charge is -2.40. The van der Waals surface area contributed by atoms with E-state index in [0.29, 0.717) is 37.0 Å². The quantitative estimate of drug-likeness (QED) is 0.511. The fraction of sp³-hybridized carbons (Fsp3) is 0.696. The molecule has 0 bridgehead atoms. The van der Waals surface area contributed by atoms with E-state index in [1.54, 1.807) is 0 Å². The molecule has 0 atom stereocenters. The Balaban J connectivity index is 1.40. The van der Waals surface area contributed by atoms with Gasteiger partial charge in [0.2, 0.25) is 0 Å². The molecule has 1 amide bonds. The van der Waals surface area contributed by atoms with Gasteiger partial charge in [0.05, 0.1) is 27.2 Å². The number of sulfone groups is 1. The van der Waals surface area contributed by atoms with E-state index in [4.69, 9.17) is 11.6 Å². The molecule has 3 aliphatic rings. The Labute approximate surface area is 192 Å². The maximum atomic E-state index is 12.9. The lowest BCUT2D eigenvalue weighted by molar-refractivity contribution is -0.137. The number of alkyl halides is 3. The Morgan fingerprint density at radius 2 is 1.69 bits per heavy atom. The van der Waals surface area contributed by atoms with Gasteiger partial charge in [-0.1, -0.05) is 24.4 Å². The summed E-state index contributed by atoms with van der Waals surface area (Å²) in [5.41, 5.74) is -1.04. The van der Waals surface area contributed by atoms with E-state index in [0.717, 1.165) is 63.1 Å². The summed E-state index contributed by atoms with van der Waals surface area (Å²) in [6.07, 6.45) is 3.45. The number of benzene rings is 1. The highest BCUT2D eigenvalue weighted by Crippen LogP contribution is 2.49. The summed E-state index contributed by atoms with van der Waals surface area (Å²) < 4.78 is 64.0. The molecule has 178 valence electrons. The fourth-order valence-electron chi connectivity index (χ4n) is 4.94. The van der Waals surface area contributed by atoms with E-state index in [1.165, 1.54) is 0 Å². The maximum absolute atomic E-state index is 12.9. The highest BCUT2D eigenvalue weighted by Gasteiger charge is 2.44. The van der Waals surface area contributed by atoms with Crippen molar-refractivity contribution in [3.8, 4) is 0 Å². The van der Waals surface area contributed by atoms with Crippen LogP contribution in [-0.2, 0) is 16.0 Å². The number of hydrogen-bond donors (Lipinski definition) is 1. The second-order valence-electron chi connectivity index (χ2n) is 9.99. The molecular weight excluding hydrogens is 463 g/mol. The zero-order chi connectivity index (χ0) is 23.1. The Morgan fingerprint density at radius 3 is 2.22 bits per heavy atom. The van der Waals surface area contributed by atoms with Crippen LogP contribution in [-0.4, -0.2) is 31.9 Å². The smallest absolute Gasteiger partial charge is 0.351 e. The minimum atomic E-state index is -4.52. The fourth-order valence-corrected chi connectivity index (χ4v) is 7.42. The van der Waals surface area contributed by atoms with E-state index >= 15 is 0 Å². The van der Waals surface area contributed by atoms with Gasteiger partial charge in [-0.05, 0) is 80.4 Å². The summed E-state index contributed by atoms with van der Waals surface area (Å²) in [4.78, 5) is 12.7. The summed E-state index contributed by atoms with van der Waals surface area (Å²) in [5.74, 6) is 0.755. The van der Waals surface area contributed by atoms with E-state index in [2.05, 4.69) is 5.32 Å². The van der Waals surface area contributed by atoms with Crippen LogP contribution in [0.25, 0.3) is 0 Å². The van der Waals surface area contributed by atoms with Crippen LogP contribution in [0.4, 0.5) is 13.2 Å². The predicted octanol–water partition coefficient (Wildman–Crippen LogP) is 5.64. The monoisotopic (exact) mass is 491 g/mol. The SMILES string of the molecule is O=C(NCC1(CC2CC2)CCC(S(=O)(=O)CC2CC2)CC1)c1ccc(C(F)(F)F)cc1Cl. The van der Waals surface area contributed by atoms with Crippen LogP contribution in [0.5, 0.6) is 0 Å². The summed E-state index contributed by atoms with van der Waals surface area (Å²) in [7, 11) is -3.08. The predicted molar refractivity (Wildman–Crippen MR) is 117 cm³/mol. The molecule has 1 N–H and O–H groups in total. The number of amides is 1.